The number of rotatable bonds is 2. The molecule has 0 aliphatic carbocycles. The van der Waals surface area contributed by atoms with E-state index in [2.05, 4.69) is 16.0 Å². The number of aromatic nitrogens is 1. The molecule has 134 valence electrons. The van der Waals surface area contributed by atoms with Crippen LogP contribution in [0.3, 0.4) is 0 Å². The fraction of sp³-hybridized carbons (Fsp3) is 0.474. The van der Waals surface area contributed by atoms with Crippen molar-refractivity contribution in [1.82, 2.24) is 9.88 Å². The number of para-hydroxylation sites is 1. The van der Waals surface area contributed by atoms with Crippen molar-refractivity contribution in [2.75, 3.05) is 38.2 Å². The number of benzene rings is 1. The Morgan fingerprint density at radius 3 is 2.44 bits per heavy atom. The molecule has 3 rings (SSSR count). The quantitative estimate of drug-likeness (QED) is 0.837. The zero-order valence-corrected chi connectivity index (χ0v) is 15.3. The lowest BCUT2D eigenvalue weighted by molar-refractivity contribution is 0.0240. The largest absolute Gasteiger partial charge is 0.481 e. The second-order valence-corrected chi connectivity index (χ2v) is 7.16. The van der Waals surface area contributed by atoms with E-state index in [0.29, 0.717) is 19.0 Å². The van der Waals surface area contributed by atoms with Gasteiger partial charge in [0, 0.05) is 37.6 Å². The Morgan fingerprint density at radius 2 is 1.80 bits per heavy atom. The highest BCUT2D eigenvalue weighted by Gasteiger charge is 2.26. The lowest BCUT2D eigenvalue weighted by atomic mass is 10.1. The topological polar surface area (TPSA) is 54.9 Å². The summed E-state index contributed by atoms with van der Waals surface area (Å²) >= 11 is 0. The van der Waals surface area contributed by atoms with E-state index in [9.17, 15) is 4.79 Å². The number of piperazine rings is 1. The monoisotopic (exact) mass is 343 g/mol. The number of anilines is 1. The number of nitrogens with zero attached hydrogens (tertiary/aromatic N) is 3. The van der Waals surface area contributed by atoms with Crippen LogP contribution in [0, 0.1) is 0 Å². The molecule has 2 heterocycles. The summed E-state index contributed by atoms with van der Waals surface area (Å²) in [6.07, 6.45) is -0.245. The molecule has 0 atom stereocenters. The van der Waals surface area contributed by atoms with Crippen molar-refractivity contribution < 1.29 is 14.3 Å². The van der Waals surface area contributed by atoms with Crippen molar-refractivity contribution >= 4 is 22.7 Å². The molecular weight excluding hydrogens is 318 g/mol. The van der Waals surface area contributed by atoms with E-state index < -0.39 is 5.60 Å². The Bertz CT molecular complexity index is 762. The molecule has 0 radical (unpaired) electrons. The standard InChI is InChI=1S/C19H25N3O3/c1-19(2,3)25-18(23)22-12-10-21(11-13-22)15-7-5-6-14-8-9-16(24-4)20-17(14)15/h5-9H,10-13H2,1-4H3. The lowest BCUT2D eigenvalue weighted by Gasteiger charge is -2.37. The van der Waals surface area contributed by atoms with Gasteiger partial charge in [0.25, 0.3) is 0 Å². The van der Waals surface area contributed by atoms with E-state index in [1.165, 1.54) is 0 Å². The van der Waals surface area contributed by atoms with Crippen LogP contribution in [0.1, 0.15) is 20.8 Å². The number of amides is 1. The Labute approximate surface area is 148 Å². The summed E-state index contributed by atoms with van der Waals surface area (Å²) in [6, 6.07) is 10.0. The van der Waals surface area contributed by atoms with Crippen LogP contribution in [0.25, 0.3) is 10.9 Å². The molecule has 1 aromatic heterocycles. The molecule has 1 saturated heterocycles. The number of pyridine rings is 1. The number of hydrogen-bond acceptors (Lipinski definition) is 5. The minimum Gasteiger partial charge on any atom is -0.481 e. The van der Waals surface area contributed by atoms with E-state index in [1.807, 2.05) is 45.0 Å². The summed E-state index contributed by atoms with van der Waals surface area (Å²) < 4.78 is 10.7. The Morgan fingerprint density at radius 1 is 1.08 bits per heavy atom. The van der Waals surface area contributed by atoms with E-state index in [4.69, 9.17) is 9.47 Å². The fourth-order valence-electron chi connectivity index (χ4n) is 2.94. The molecule has 1 aliphatic rings. The van der Waals surface area contributed by atoms with Crippen molar-refractivity contribution in [2.24, 2.45) is 0 Å². The van der Waals surface area contributed by atoms with Crippen LogP contribution in [0.2, 0.25) is 0 Å². The first-order valence-electron chi connectivity index (χ1n) is 8.54. The van der Waals surface area contributed by atoms with Gasteiger partial charge in [-0.05, 0) is 32.9 Å². The van der Waals surface area contributed by atoms with Gasteiger partial charge in [-0.1, -0.05) is 12.1 Å². The molecule has 25 heavy (non-hydrogen) atoms. The molecule has 0 N–H and O–H groups in total. The van der Waals surface area contributed by atoms with Crippen molar-refractivity contribution in [3.05, 3.63) is 30.3 Å². The second kappa shape index (κ2) is 6.78. The smallest absolute Gasteiger partial charge is 0.410 e. The summed E-state index contributed by atoms with van der Waals surface area (Å²) in [5, 5.41) is 1.08. The van der Waals surface area contributed by atoms with E-state index >= 15 is 0 Å². The third-order valence-corrected chi connectivity index (χ3v) is 4.15. The highest BCUT2D eigenvalue weighted by atomic mass is 16.6. The van der Waals surface area contributed by atoms with Crippen LogP contribution in [-0.4, -0.2) is 54.9 Å². The number of methoxy groups -OCH3 is 1. The number of fused-ring (bicyclic) bond motifs is 1. The SMILES string of the molecule is COc1ccc2cccc(N3CCN(C(=O)OC(C)(C)C)CC3)c2n1. The average molecular weight is 343 g/mol. The maximum atomic E-state index is 12.2. The van der Waals surface area contributed by atoms with Crippen LogP contribution in [0.4, 0.5) is 10.5 Å². The van der Waals surface area contributed by atoms with Gasteiger partial charge in [-0.25, -0.2) is 9.78 Å². The Kier molecular flexibility index (Phi) is 4.70. The van der Waals surface area contributed by atoms with Gasteiger partial charge in [0.05, 0.1) is 18.3 Å². The maximum Gasteiger partial charge on any atom is 0.410 e. The molecule has 6 nitrogen and oxygen atoms in total. The summed E-state index contributed by atoms with van der Waals surface area (Å²) in [6.45, 7) is 8.42. The third kappa shape index (κ3) is 3.95. The Balaban J connectivity index is 1.75. The molecule has 1 amide bonds. The van der Waals surface area contributed by atoms with E-state index in [-0.39, 0.29) is 6.09 Å². The molecule has 0 bridgehead atoms. The minimum atomic E-state index is -0.468. The number of carbonyl (C=O) groups excluding carboxylic acids is 1. The summed E-state index contributed by atoms with van der Waals surface area (Å²) in [5.41, 5.74) is 1.53. The summed E-state index contributed by atoms with van der Waals surface area (Å²) in [5.74, 6) is 0.604. The van der Waals surface area contributed by atoms with E-state index in [0.717, 1.165) is 29.7 Å². The van der Waals surface area contributed by atoms with Gasteiger partial charge in [0.2, 0.25) is 5.88 Å². The van der Waals surface area contributed by atoms with Crippen LogP contribution >= 0.6 is 0 Å². The number of carbonyl (C=O) groups is 1. The zero-order valence-electron chi connectivity index (χ0n) is 15.3. The molecule has 0 spiro atoms. The van der Waals surface area contributed by atoms with Gasteiger partial charge in [0.15, 0.2) is 0 Å². The first-order valence-corrected chi connectivity index (χ1v) is 8.54. The average Bonchev–Trinajstić information content (AvgIpc) is 2.59. The normalized spacial score (nSPS) is 15.4. The van der Waals surface area contributed by atoms with Crippen molar-refractivity contribution in [3.63, 3.8) is 0 Å². The molecule has 2 aromatic rings. The minimum absolute atomic E-state index is 0.245. The summed E-state index contributed by atoms with van der Waals surface area (Å²) in [4.78, 5) is 20.8. The third-order valence-electron chi connectivity index (χ3n) is 4.15. The fourth-order valence-corrected chi connectivity index (χ4v) is 2.94. The molecule has 1 aliphatic heterocycles. The number of ether oxygens (including phenoxy) is 2. The van der Waals surface area contributed by atoms with Crippen LogP contribution in [0.5, 0.6) is 5.88 Å². The number of hydrogen-bond donors (Lipinski definition) is 0. The first kappa shape index (κ1) is 17.3. The highest BCUT2D eigenvalue weighted by Crippen LogP contribution is 2.28. The van der Waals surface area contributed by atoms with Crippen molar-refractivity contribution in [2.45, 2.75) is 26.4 Å². The zero-order chi connectivity index (χ0) is 18.0. The van der Waals surface area contributed by atoms with Gasteiger partial charge in [0.1, 0.15) is 5.60 Å². The van der Waals surface area contributed by atoms with Gasteiger partial charge >= 0.3 is 6.09 Å². The van der Waals surface area contributed by atoms with Gasteiger partial charge in [-0.15, -0.1) is 0 Å². The lowest BCUT2D eigenvalue weighted by Crippen LogP contribution is -2.50. The molecule has 6 heteroatoms. The second-order valence-electron chi connectivity index (χ2n) is 7.16. The molecule has 1 aromatic carbocycles. The van der Waals surface area contributed by atoms with E-state index in [1.54, 1.807) is 12.0 Å². The van der Waals surface area contributed by atoms with Crippen molar-refractivity contribution in [1.29, 1.82) is 0 Å². The Hall–Kier alpha value is -2.50. The highest BCUT2D eigenvalue weighted by molar-refractivity contribution is 5.91. The predicted molar refractivity (Wildman–Crippen MR) is 98.3 cm³/mol. The van der Waals surface area contributed by atoms with Crippen LogP contribution in [-0.2, 0) is 4.74 Å². The first-order chi connectivity index (χ1) is 11.9. The van der Waals surface area contributed by atoms with Gasteiger partial charge < -0.3 is 19.3 Å². The maximum absolute atomic E-state index is 12.2. The van der Waals surface area contributed by atoms with Crippen molar-refractivity contribution in [3.8, 4) is 5.88 Å². The molecule has 1 fully saturated rings. The van der Waals surface area contributed by atoms with Crippen LogP contribution < -0.4 is 9.64 Å². The van der Waals surface area contributed by atoms with Gasteiger partial charge in [-0.3, -0.25) is 0 Å². The van der Waals surface area contributed by atoms with Gasteiger partial charge in [-0.2, -0.15) is 0 Å². The molecule has 0 saturated carbocycles. The van der Waals surface area contributed by atoms with Crippen LogP contribution in [0.15, 0.2) is 30.3 Å². The predicted octanol–water partition coefficient (Wildman–Crippen LogP) is 3.30. The molecule has 0 unspecified atom stereocenters. The summed E-state index contributed by atoms with van der Waals surface area (Å²) in [7, 11) is 1.62. The molecular formula is C19H25N3O3.